The Bertz CT molecular complexity index is 322. The first-order valence-corrected chi connectivity index (χ1v) is 7.33. The first-order chi connectivity index (χ1) is 7.34. The molecule has 0 spiro atoms. The fraction of sp³-hybridized carbons (Fsp3) is 1.00. The van der Waals surface area contributed by atoms with Gasteiger partial charge in [-0.2, -0.15) is 4.31 Å². The second-order valence-corrected chi connectivity index (χ2v) is 6.52. The van der Waals surface area contributed by atoms with Crippen LogP contribution >= 0.6 is 23.9 Å². The Kier molecular flexibility index (Phi) is 7.06. The smallest absolute Gasteiger partial charge is 0.289 e. The van der Waals surface area contributed by atoms with Crippen molar-refractivity contribution in [1.82, 2.24) is 0 Å². The van der Waals surface area contributed by atoms with E-state index in [-0.39, 0.29) is 0 Å². The fourth-order valence-corrected chi connectivity index (χ4v) is 3.54. The lowest BCUT2D eigenvalue weighted by Crippen LogP contribution is -2.06. The van der Waals surface area contributed by atoms with Crippen molar-refractivity contribution < 1.29 is 40.7 Å². The normalized spacial score (nSPS) is 21.0. The third kappa shape index (κ3) is 5.11. The van der Waals surface area contributed by atoms with Crippen molar-refractivity contribution in [3.05, 3.63) is 0 Å². The lowest BCUT2D eigenvalue weighted by atomic mass is 11.8. The molecule has 0 fully saturated rings. The van der Waals surface area contributed by atoms with E-state index in [9.17, 15) is 13.7 Å². The maximum absolute atomic E-state index is 11.4. The molecule has 6 N–H and O–H groups in total. The van der Waals surface area contributed by atoms with Gasteiger partial charge in [-0.15, -0.1) is 0 Å². The number of hydrogen-bond acceptors (Lipinski definition) is 12. The summed E-state index contributed by atoms with van der Waals surface area (Å²) in [5.41, 5.74) is 0. The minimum Gasteiger partial charge on any atom is -0.289 e. The maximum Gasteiger partial charge on any atom is 0.507 e. The Morgan fingerprint density at radius 3 is 1.88 bits per heavy atom. The van der Waals surface area contributed by atoms with Crippen LogP contribution in [0.15, 0.2) is 0 Å². The van der Waals surface area contributed by atoms with Crippen LogP contribution in [-0.4, -0.2) is 7.11 Å². The van der Waals surface area contributed by atoms with Crippen LogP contribution in [0.1, 0.15) is 0 Å². The van der Waals surface area contributed by atoms with E-state index < -0.39 is 23.9 Å². The minimum absolute atomic E-state index is 0.858. The standard InChI is InChI=1S/CH10N3O9P3/c1-8-15(6,10-3)13-16(7,11-4)12-14(5)9-2/h14H,2-4H2,1H3. The zero-order chi connectivity index (χ0) is 12.8. The van der Waals surface area contributed by atoms with Gasteiger partial charge in [0, 0.05) is 7.11 Å². The van der Waals surface area contributed by atoms with Crippen molar-refractivity contribution in [3.8, 4) is 0 Å². The van der Waals surface area contributed by atoms with Crippen molar-refractivity contribution in [2.24, 2.45) is 17.7 Å². The molecule has 0 aliphatic carbocycles. The van der Waals surface area contributed by atoms with Crippen LogP contribution in [0.2, 0.25) is 0 Å². The Hall–Kier alpha value is 0.330. The molecule has 0 bridgehead atoms. The fourth-order valence-electron chi connectivity index (χ4n) is 0.388. The molecule has 0 radical (unpaired) electrons. The number of rotatable bonds is 8. The Morgan fingerprint density at radius 1 is 1.06 bits per heavy atom. The summed E-state index contributed by atoms with van der Waals surface area (Å²) < 4.78 is 56.7. The third-order valence-electron chi connectivity index (χ3n) is 0.964. The van der Waals surface area contributed by atoms with Gasteiger partial charge in [-0.3, -0.25) is 9.09 Å². The Balaban J connectivity index is 4.79. The van der Waals surface area contributed by atoms with Gasteiger partial charge in [0.05, 0.1) is 0 Å². The molecule has 0 aliphatic rings. The predicted molar refractivity (Wildman–Crippen MR) is 49.2 cm³/mol. The van der Waals surface area contributed by atoms with E-state index >= 15 is 0 Å². The Labute approximate surface area is 90.3 Å². The summed E-state index contributed by atoms with van der Waals surface area (Å²) in [7, 11) is -11.7. The zero-order valence-corrected chi connectivity index (χ0v) is 10.6. The molecular weight excluding hydrogens is 291 g/mol. The van der Waals surface area contributed by atoms with Crippen LogP contribution in [0.25, 0.3) is 0 Å². The SMILES string of the molecule is COP(=O)(ON)OP(=O)(ON)O[PH](=O)ON. The highest BCUT2D eigenvalue weighted by atomic mass is 31.3. The second kappa shape index (κ2) is 6.92. The molecule has 16 heavy (non-hydrogen) atoms. The van der Waals surface area contributed by atoms with Crippen LogP contribution in [0.4, 0.5) is 0 Å². The van der Waals surface area contributed by atoms with E-state index in [4.69, 9.17) is 0 Å². The molecule has 0 aromatic heterocycles. The molecule has 0 saturated carbocycles. The second-order valence-electron chi connectivity index (χ2n) is 1.83. The van der Waals surface area contributed by atoms with Gasteiger partial charge in [0.15, 0.2) is 0 Å². The van der Waals surface area contributed by atoms with Crippen LogP contribution in [0, 0.1) is 0 Å². The molecule has 15 heteroatoms. The van der Waals surface area contributed by atoms with Crippen molar-refractivity contribution >= 4 is 23.9 Å². The Morgan fingerprint density at radius 2 is 1.56 bits per heavy atom. The molecule has 0 amide bonds. The largest absolute Gasteiger partial charge is 0.507 e. The summed E-state index contributed by atoms with van der Waals surface area (Å²) in [5, 5.41) is 0. The first-order valence-electron chi connectivity index (χ1n) is 3.19. The maximum atomic E-state index is 11.4. The third-order valence-corrected chi connectivity index (χ3v) is 5.21. The van der Waals surface area contributed by atoms with Gasteiger partial charge in [-0.1, -0.05) is 0 Å². The van der Waals surface area contributed by atoms with Crippen molar-refractivity contribution in [2.75, 3.05) is 7.11 Å². The quantitative estimate of drug-likeness (QED) is 0.401. The molecule has 0 aromatic carbocycles. The van der Waals surface area contributed by atoms with Crippen molar-refractivity contribution in [1.29, 1.82) is 0 Å². The van der Waals surface area contributed by atoms with Gasteiger partial charge in [-0.25, -0.2) is 45.0 Å². The highest BCUT2D eigenvalue weighted by Crippen LogP contribution is 2.67. The minimum atomic E-state index is -4.72. The monoisotopic (exact) mass is 301 g/mol. The molecular formula is CH10N3O9P3. The predicted octanol–water partition coefficient (Wildman–Crippen LogP) is -0.0572. The van der Waals surface area contributed by atoms with Crippen LogP contribution in [-0.2, 0) is 40.7 Å². The summed E-state index contributed by atoms with van der Waals surface area (Å²) in [6, 6.07) is 0. The first kappa shape index (κ1) is 16.3. The van der Waals surface area contributed by atoms with Crippen LogP contribution in [0.5, 0.6) is 0 Å². The number of phosphoric acid groups is 2. The molecule has 0 aromatic rings. The van der Waals surface area contributed by atoms with E-state index in [0.29, 0.717) is 0 Å². The van der Waals surface area contributed by atoms with Crippen molar-refractivity contribution in [2.45, 2.75) is 0 Å². The van der Waals surface area contributed by atoms with E-state index in [2.05, 4.69) is 44.7 Å². The molecule has 0 rings (SSSR count). The van der Waals surface area contributed by atoms with Crippen molar-refractivity contribution in [3.63, 3.8) is 0 Å². The zero-order valence-electron chi connectivity index (χ0n) is 7.80. The topological polar surface area (TPSA) is 185 Å². The van der Waals surface area contributed by atoms with E-state index in [0.717, 1.165) is 7.11 Å². The van der Waals surface area contributed by atoms with Gasteiger partial charge in [0.25, 0.3) is 0 Å². The summed E-state index contributed by atoms with van der Waals surface area (Å²) in [4.78, 5) is 0. The van der Waals surface area contributed by atoms with Gasteiger partial charge >= 0.3 is 23.9 Å². The van der Waals surface area contributed by atoms with E-state index in [1.165, 1.54) is 0 Å². The molecule has 3 unspecified atom stereocenters. The average Bonchev–Trinajstić information content (AvgIpc) is 2.28. The molecule has 12 nitrogen and oxygen atoms in total. The van der Waals surface area contributed by atoms with E-state index in [1.54, 1.807) is 0 Å². The van der Waals surface area contributed by atoms with Gasteiger partial charge in [0.2, 0.25) is 0 Å². The highest BCUT2D eigenvalue weighted by Gasteiger charge is 2.41. The average molecular weight is 301 g/mol. The molecule has 3 atom stereocenters. The lowest BCUT2D eigenvalue weighted by molar-refractivity contribution is 0.143. The van der Waals surface area contributed by atoms with Gasteiger partial charge < -0.3 is 0 Å². The van der Waals surface area contributed by atoms with E-state index in [1.807, 2.05) is 0 Å². The molecule has 0 aliphatic heterocycles. The number of hydrogen-bond donors (Lipinski definition) is 3. The highest BCUT2D eigenvalue weighted by molar-refractivity contribution is 7.65. The molecule has 0 heterocycles. The number of nitrogens with two attached hydrogens (primary N) is 3. The summed E-state index contributed by atoms with van der Waals surface area (Å²) in [6.07, 6.45) is 0. The summed E-state index contributed by atoms with van der Waals surface area (Å²) >= 11 is 0. The van der Waals surface area contributed by atoms with Crippen LogP contribution < -0.4 is 17.7 Å². The lowest BCUT2D eigenvalue weighted by Gasteiger charge is -2.17. The summed E-state index contributed by atoms with van der Waals surface area (Å²) in [5.74, 6) is 13.5. The van der Waals surface area contributed by atoms with Gasteiger partial charge in [-0.05, 0) is 0 Å². The molecule has 0 saturated heterocycles. The summed E-state index contributed by atoms with van der Waals surface area (Å²) in [6.45, 7) is 0. The van der Waals surface area contributed by atoms with Crippen LogP contribution in [0.3, 0.4) is 0 Å². The van der Waals surface area contributed by atoms with Gasteiger partial charge in [0.1, 0.15) is 0 Å². The molecule has 98 valence electrons.